The second-order valence-corrected chi connectivity index (χ2v) is 6.61. The molecule has 0 aliphatic carbocycles. The molecule has 0 aliphatic rings. The van der Waals surface area contributed by atoms with E-state index in [1.54, 1.807) is 0 Å². The molecule has 0 aromatic rings. The molecule has 0 rings (SSSR count). The monoisotopic (exact) mass is 313 g/mol. The fraction of sp³-hybridized carbons (Fsp3) is 0.889. The van der Waals surface area contributed by atoms with Gasteiger partial charge in [0, 0.05) is 6.42 Å². The van der Waals surface area contributed by atoms with E-state index in [1.165, 1.54) is 38.5 Å². The van der Waals surface area contributed by atoms with Crippen molar-refractivity contribution in [1.29, 1.82) is 0 Å². The van der Waals surface area contributed by atoms with Crippen LogP contribution < -0.4 is 5.73 Å². The standard InChI is InChI=1S/C18H35NO3/c1-4-5-6-7-8-9-10-11-12-13-17(20)22-18(21)16(19)14-15(2)3/h15-16H,4-14,19H2,1-3H3/t16-/m0/s1. The van der Waals surface area contributed by atoms with Gasteiger partial charge in [0.2, 0.25) is 0 Å². The number of carbonyl (C=O) groups excluding carboxylic acids is 2. The third kappa shape index (κ3) is 12.8. The average Bonchev–Trinajstić information content (AvgIpc) is 2.44. The van der Waals surface area contributed by atoms with Crippen molar-refractivity contribution in [2.75, 3.05) is 0 Å². The van der Waals surface area contributed by atoms with Crippen LogP contribution in [0.15, 0.2) is 0 Å². The molecular weight excluding hydrogens is 278 g/mol. The van der Waals surface area contributed by atoms with Crippen LogP contribution in [0.3, 0.4) is 0 Å². The molecule has 0 amide bonds. The molecule has 4 heteroatoms. The number of carbonyl (C=O) groups is 2. The Kier molecular flexibility index (Phi) is 13.2. The van der Waals surface area contributed by atoms with Gasteiger partial charge in [-0.15, -0.1) is 0 Å². The number of unbranched alkanes of at least 4 members (excludes halogenated alkanes) is 8. The van der Waals surface area contributed by atoms with Gasteiger partial charge in [0.05, 0.1) is 0 Å². The smallest absolute Gasteiger partial charge is 0.330 e. The molecule has 1 atom stereocenters. The highest BCUT2D eigenvalue weighted by molar-refractivity contribution is 5.88. The van der Waals surface area contributed by atoms with Crippen molar-refractivity contribution in [1.82, 2.24) is 0 Å². The molecule has 130 valence electrons. The van der Waals surface area contributed by atoms with E-state index in [0.29, 0.717) is 18.8 Å². The normalized spacial score (nSPS) is 12.4. The van der Waals surface area contributed by atoms with Crippen molar-refractivity contribution in [3.05, 3.63) is 0 Å². The number of hydrogen-bond donors (Lipinski definition) is 1. The molecule has 22 heavy (non-hydrogen) atoms. The first-order valence-corrected chi connectivity index (χ1v) is 8.97. The number of esters is 2. The van der Waals surface area contributed by atoms with Crippen LogP contribution in [-0.4, -0.2) is 18.0 Å². The second kappa shape index (κ2) is 13.7. The number of hydrogen-bond acceptors (Lipinski definition) is 4. The highest BCUT2D eigenvalue weighted by Gasteiger charge is 2.19. The minimum Gasteiger partial charge on any atom is -0.392 e. The minimum atomic E-state index is -0.688. The molecule has 0 saturated carbocycles. The second-order valence-electron chi connectivity index (χ2n) is 6.61. The Labute approximate surface area is 136 Å². The maximum atomic E-state index is 11.6. The number of rotatable bonds is 13. The molecule has 0 fully saturated rings. The van der Waals surface area contributed by atoms with Crippen molar-refractivity contribution in [2.45, 2.75) is 97.4 Å². The Morgan fingerprint density at radius 1 is 0.909 bits per heavy atom. The third-order valence-corrected chi connectivity index (χ3v) is 3.73. The largest absolute Gasteiger partial charge is 0.392 e. The van der Waals surface area contributed by atoms with E-state index >= 15 is 0 Å². The van der Waals surface area contributed by atoms with E-state index in [-0.39, 0.29) is 0 Å². The average molecular weight is 313 g/mol. The first-order valence-electron chi connectivity index (χ1n) is 8.97. The van der Waals surface area contributed by atoms with Crippen LogP contribution in [0.5, 0.6) is 0 Å². The lowest BCUT2D eigenvalue weighted by molar-refractivity contribution is -0.160. The van der Waals surface area contributed by atoms with E-state index < -0.39 is 18.0 Å². The summed E-state index contributed by atoms with van der Waals surface area (Å²) in [6.07, 6.45) is 11.6. The molecule has 0 heterocycles. The fourth-order valence-corrected chi connectivity index (χ4v) is 2.42. The summed E-state index contributed by atoms with van der Waals surface area (Å²) in [7, 11) is 0. The Bertz CT molecular complexity index is 303. The van der Waals surface area contributed by atoms with Gasteiger partial charge in [-0.1, -0.05) is 72.1 Å². The zero-order chi connectivity index (χ0) is 16.8. The van der Waals surface area contributed by atoms with Crippen molar-refractivity contribution < 1.29 is 14.3 Å². The van der Waals surface area contributed by atoms with Crippen LogP contribution >= 0.6 is 0 Å². The summed E-state index contributed by atoms with van der Waals surface area (Å²) in [4.78, 5) is 23.1. The topological polar surface area (TPSA) is 69.4 Å². The molecule has 0 unspecified atom stereocenters. The van der Waals surface area contributed by atoms with Crippen molar-refractivity contribution in [3.63, 3.8) is 0 Å². The molecule has 0 aromatic carbocycles. The maximum Gasteiger partial charge on any atom is 0.330 e. The van der Waals surface area contributed by atoms with Crippen molar-refractivity contribution in [2.24, 2.45) is 11.7 Å². The van der Waals surface area contributed by atoms with Crippen LogP contribution in [-0.2, 0) is 14.3 Å². The summed E-state index contributed by atoms with van der Waals surface area (Å²) >= 11 is 0. The van der Waals surface area contributed by atoms with E-state index in [4.69, 9.17) is 10.5 Å². The van der Waals surface area contributed by atoms with Crippen LogP contribution in [0.2, 0.25) is 0 Å². The molecule has 2 N–H and O–H groups in total. The van der Waals surface area contributed by atoms with Gasteiger partial charge in [-0.05, 0) is 18.8 Å². The highest BCUT2D eigenvalue weighted by atomic mass is 16.6. The SMILES string of the molecule is CCCCCCCCCCCC(=O)OC(=O)[C@@H](N)CC(C)C. The Morgan fingerprint density at radius 3 is 1.91 bits per heavy atom. The molecule has 0 bridgehead atoms. The molecule has 0 aliphatic heterocycles. The quantitative estimate of drug-likeness (QED) is 0.312. The molecular formula is C18H35NO3. The fourth-order valence-electron chi connectivity index (χ4n) is 2.42. The first kappa shape index (κ1) is 21.1. The van der Waals surface area contributed by atoms with Gasteiger partial charge in [0.15, 0.2) is 0 Å². The van der Waals surface area contributed by atoms with E-state index in [0.717, 1.165) is 19.3 Å². The predicted molar refractivity (Wildman–Crippen MR) is 90.4 cm³/mol. The van der Waals surface area contributed by atoms with Crippen molar-refractivity contribution >= 4 is 11.9 Å². The van der Waals surface area contributed by atoms with Crippen LogP contribution in [0, 0.1) is 5.92 Å². The van der Waals surface area contributed by atoms with Crippen LogP contribution in [0.4, 0.5) is 0 Å². The van der Waals surface area contributed by atoms with Crippen molar-refractivity contribution in [3.8, 4) is 0 Å². The van der Waals surface area contributed by atoms with Gasteiger partial charge in [-0.3, -0.25) is 4.79 Å². The summed E-state index contributed by atoms with van der Waals surface area (Å²) < 4.78 is 4.78. The minimum absolute atomic E-state index is 0.315. The molecule has 0 saturated heterocycles. The van der Waals surface area contributed by atoms with Gasteiger partial charge in [0.1, 0.15) is 6.04 Å². The summed E-state index contributed by atoms with van der Waals surface area (Å²) in [6, 6.07) is -0.688. The Hall–Kier alpha value is -0.900. The molecule has 4 nitrogen and oxygen atoms in total. The summed E-state index contributed by atoms with van der Waals surface area (Å²) in [5.41, 5.74) is 5.68. The third-order valence-electron chi connectivity index (χ3n) is 3.73. The zero-order valence-corrected chi connectivity index (χ0v) is 14.7. The van der Waals surface area contributed by atoms with Gasteiger partial charge in [-0.2, -0.15) is 0 Å². The lowest BCUT2D eigenvalue weighted by Crippen LogP contribution is -2.34. The van der Waals surface area contributed by atoms with Gasteiger partial charge >= 0.3 is 11.9 Å². The molecule has 0 radical (unpaired) electrons. The lowest BCUT2D eigenvalue weighted by atomic mass is 10.0. The lowest BCUT2D eigenvalue weighted by Gasteiger charge is -2.12. The maximum absolute atomic E-state index is 11.6. The van der Waals surface area contributed by atoms with Crippen LogP contribution in [0.25, 0.3) is 0 Å². The summed E-state index contributed by atoms with van der Waals surface area (Å²) in [5, 5.41) is 0. The van der Waals surface area contributed by atoms with E-state index in [1.807, 2.05) is 13.8 Å². The Morgan fingerprint density at radius 2 is 1.41 bits per heavy atom. The predicted octanol–water partition coefficient (Wildman–Crippen LogP) is 4.35. The molecule has 0 spiro atoms. The first-order chi connectivity index (χ1) is 10.5. The zero-order valence-electron chi connectivity index (χ0n) is 14.7. The summed E-state index contributed by atoms with van der Waals surface area (Å²) in [6.45, 7) is 6.19. The highest BCUT2D eigenvalue weighted by Crippen LogP contribution is 2.11. The van der Waals surface area contributed by atoms with E-state index in [9.17, 15) is 9.59 Å². The molecule has 0 aromatic heterocycles. The Balaban J connectivity index is 3.51. The van der Waals surface area contributed by atoms with Gasteiger partial charge in [0.25, 0.3) is 0 Å². The van der Waals surface area contributed by atoms with Gasteiger partial charge < -0.3 is 10.5 Å². The van der Waals surface area contributed by atoms with Gasteiger partial charge in [-0.25, -0.2) is 4.79 Å². The summed E-state index contributed by atoms with van der Waals surface area (Å²) in [5.74, 6) is -0.711. The van der Waals surface area contributed by atoms with Crippen LogP contribution in [0.1, 0.15) is 91.4 Å². The number of ether oxygens (including phenoxy) is 1. The number of nitrogens with two attached hydrogens (primary N) is 1. The van der Waals surface area contributed by atoms with E-state index in [2.05, 4.69) is 6.92 Å².